The van der Waals surface area contributed by atoms with Crippen LogP contribution < -0.4 is 0 Å². The average Bonchev–Trinajstić information content (AvgIpc) is 3.08. The first-order valence-electron chi connectivity index (χ1n) is 7.63. The number of benzene rings is 2. The summed E-state index contributed by atoms with van der Waals surface area (Å²) in [5.41, 5.74) is 3.85. The van der Waals surface area contributed by atoms with Gasteiger partial charge in [0.05, 0.1) is 11.6 Å². The first-order valence-corrected chi connectivity index (χ1v) is 7.63. The highest BCUT2D eigenvalue weighted by molar-refractivity contribution is 6.09. The number of likely N-dealkylation sites (N-methyl/N-ethyl adjacent to an activating group) is 1. The summed E-state index contributed by atoms with van der Waals surface area (Å²) in [7, 11) is 1.56. The Morgan fingerprint density at radius 3 is 2.39 bits per heavy atom. The Kier molecular flexibility index (Phi) is 3.05. The number of rotatable bonds is 2. The first-order chi connectivity index (χ1) is 11.2. The number of hydrogen-bond acceptors (Lipinski definition) is 2. The summed E-state index contributed by atoms with van der Waals surface area (Å²) in [5.74, 6) is -0.667. The highest BCUT2D eigenvalue weighted by atomic mass is 16.2. The lowest BCUT2D eigenvalue weighted by Gasteiger charge is -2.11. The van der Waals surface area contributed by atoms with E-state index in [4.69, 9.17) is 0 Å². The molecule has 1 aromatic heterocycles. The van der Waals surface area contributed by atoms with E-state index < -0.39 is 5.92 Å². The lowest BCUT2D eigenvalue weighted by atomic mass is 9.92. The van der Waals surface area contributed by atoms with Crippen molar-refractivity contribution < 1.29 is 9.59 Å². The highest BCUT2D eigenvalue weighted by Crippen LogP contribution is 2.40. The molecule has 2 aromatic carbocycles. The summed E-state index contributed by atoms with van der Waals surface area (Å²) in [4.78, 5) is 29.2. The van der Waals surface area contributed by atoms with E-state index in [-0.39, 0.29) is 18.2 Å². The van der Waals surface area contributed by atoms with Crippen LogP contribution >= 0.6 is 0 Å². The maximum absolute atomic E-state index is 12.5. The Labute approximate surface area is 133 Å². The molecule has 4 heteroatoms. The number of aromatic amines is 1. The SMILES string of the molecule is CN1C(=O)C[C@H](c2c(-c3ccccc3)[nH]c3ccccc23)C1=O. The fraction of sp³-hybridized carbons (Fsp3) is 0.158. The van der Waals surface area contributed by atoms with Gasteiger partial charge in [-0.3, -0.25) is 14.5 Å². The Bertz CT molecular complexity index is 912. The van der Waals surface area contributed by atoms with Crippen molar-refractivity contribution in [3.05, 3.63) is 60.2 Å². The zero-order valence-electron chi connectivity index (χ0n) is 12.7. The molecule has 0 aliphatic carbocycles. The van der Waals surface area contributed by atoms with Crippen molar-refractivity contribution in [1.29, 1.82) is 0 Å². The molecule has 1 fully saturated rings. The molecule has 0 bridgehead atoms. The molecule has 1 aliphatic heterocycles. The molecule has 23 heavy (non-hydrogen) atoms. The van der Waals surface area contributed by atoms with Crippen LogP contribution in [0.3, 0.4) is 0 Å². The van der Waals surface area contributed by atoms with E-state index in [1.165, 1.54) is 4.90 Å². The van der Waals surface area contributed by atoms with E-state index >= 15 is 0 Å². The van der Waals surface area contributed by atoms with Crippen molar-refractivity contribution >= 4 is 22.7 Å². The Morgan fingerprint density at radius 2 is 1.70 bits per heavy atom. The van der Waals surface area contributed by atoms with Crippen molar-refractivity contribution in [2.45, 2.75) is 12.3 Å². The number of hydrogen-bond donors (Lipinski definition) is 1. The number of para-hydroxylation sites is 1. The molecular formula is C19H16N2O2. The summed E-state index contributed by atoms with van der Waals surface area (Å²) in [6.07, 6.45) is 0.233. The van der Waals surface area contributed by atoms with E-state index in [2.05, 4.69) is 4.98 Å². The fourth-order valence-corrected chi connectivity index (χ4v) is 3.34. The van der Waals surface area contributed by atoms with Gasteiger partial charge in [0.2, 0.25) is 11.8 Å². The van der Waals surface area contributed by atoms with E-state index in [0.717, 1.165) is 27.7 Å². The molecule has 2 amide bonds. The van der Waals surface area contributed by atoms with Gasteiger partial charge in [-0.25, -0.2) is 0 Å². The molecule has 4 nitrogen and oxygen atoms in total. The highest BCUT2D eigenvalue weighted by Gasteiger charge is 2.39. The van der Waals surface area contributed by atoms with Gasteiger partial charge >= 0.3 is 0 Å². The molecule has 1 aliphatic rings. The summed E-state index contributed by atoms with van der Waals surface area (Å²) in [5, 5.41) is 1.01. The molecule has 114 valence electrons. The Morgan fingerprint density at radius 1 is 1.00 bits per heavy atom. The van der Waals surface area contributed by atoms with Crippen molar-refractivity contribution in [2.75, 3.05) is 7.05 Å². The zero-order valence-corrected chi connectivity index (χ0v) is 12.7. The molecule has 2 heterocycles. The number of fused-ring (bicyclic) bond motifs is 1. The Balaban J connectivity index is 1.98. The van der Waals surface area contributed by atoms with Gasteiger partial charge in [-0.1, -0.05) is 48.5 Å². The fourth-order valence-electron chi connectivity index (χ4n) is 3.34. The maximum Gasteiger partial charge on any atom is 0.237 e. The molecule has 3 aromatic rings. The third kappa shape index (κ3) is 2.06. The van der Waals surface area contributed by atoms with Gasteiger partial charge in [0.1, 0.15) is 0 Å². The monoisotopic (exact) mass is 304 g/mol. The minimum Gasteiger partial charge on any atom is -0.354 e. The smallest absolute Gasteiger partial charge is 0.237 e. The second-order valence-electron chi connectivity index (χ2n) is 5.87. The van der Waals surface area contributed by atoms with Gasteiger partial charge in [0, 0.05) is 24.4 Å². The van der Waals surface area contributed by atoms with Gasteiger partial charge in [0.25, 0.3) is 0 Å². The average molecular weight is 304 g/mol. The van der Waals surface area contributed by atoms with Gasteiger partial charge in [-0.05, 0) is 17.2 Å². The Hall–Kier alpha value is -2.88. The molecule has 0 radical (unpaired) electrons. The van der Waals surface area contributed by atoms with Crippen molar-refractivity contribution in [1.82, 2.24) is 9.88 Å². The van der Waals surface area contributed by atoms with Gasteiger partial charge in [-0.2, -0.15) is 0 Å². The van der Waals surface area contributed by atoms with Gasteiger partial charge in [0.15, 0.2) is 0 Å². The van der Waals surface area contributed by atoms with Crippen LogP contribution in [0.4, 0.5) is 0 Å². The second-order valence-corrected chi connectivity index (χ2v) is 5.87. The lowest BCUT2D eigenvalue weighted by molar-refractivity contribution is -0.137. The number of aromatic nitrogens is 1. The van der Waals surface area contributed by atoms with Crippen molar-refractivity contribution in [2.24, 2.45) is 0 Å². The number of amides is 2. The first kappa shape index (κ1) is 13.8. The molecular weight excluding hydrogens is 288 g/mol. The predicted molar refractivity (Wildman–Crippen MR) is 88.9 cm³/mol. The van der Waals surface area contributed by atoms with Crippen LogP contribution in [0.1, 0.15) is 17.9 Å². The van der Waals surface area contributed by atoms with Crippen LogP contribution in [-0.4, -0.2) is 28.7 Å². The van der Waals surface area contributed by atoms with Crippen LogP contribution in [0, 0.1) is 0 Å². The van der Waals surface area contributed by atoms with E-state index in [1.54, 1.807) is 7.05 Å². The lowest BCUT2D eigenvalue weighted by Crippen LogP contribution is -2.25. The summed E-state index contributed by atoms with van der Waals surface area (Å²) in [6, 6.07) is 17.9. The standard InChI is InChI=1S/C19H16N2O2/c1-21-16(22)11-14(19(21)23)17-13-9-5-6-10-15(13)20-18(17)12-7-3-2-4-8-12/h2-10,14,20H,11H2,1H3/t14-/m1/s1. The third-order valence-electron chi connectivity index (χ3n) is 4.54. The van der Waals surface area contributed by atoms with Crippen LogP contribution in [0.15, 0.2) is 54.6 Å². The summed E-state index contributed by atoms with van der Waals surface area (Å²) in [6.45, 7) is 0. The number of nitrogens with zero attached hydrogens (tertiary/aromatic N) is 1. The second kappa shape index (κ2) is 5.09. The largest absolute Gasteiger partial charge is 0.354 e. The quantitative estimate of drug-likeness (QED) is 0.739. The molecule has 4 rings (SSSR count). The number of carbonyl (C=O) groups excluding carboxylic acids is 2. The van der Waals surface area contributed by atoms with E-state index in [9.17, 15) is 9.59 Å². The van der Waals surface area contributed by atoms with Gasteiger partial charge in [-0.15, -0.1) is 0 Å². The van der Waals surface area contributed by atoms with Crippen molar-refractivity contribution in [3.8, 4) is 11.3 Å². The summed E-state index contributed by atoms with van der Waals surface area (Å²) < 4.78 is 0. The van der Waals surface area contributed by atoms with Crippen LogP contribution in [0.25, 0.3) is 22.2 Å². The summed E-state index contributed by atoms with van der Waals surface area (Å²) >= 11 is 0. The number of H-pyrrole nitrogens is 1. The van der Waals surface area contributed by atoms with Crippen LogP contribution in [0.2, 0.25) is 0 Å². The molecule has 1 atom stereocenters. The van der Waals surface area contributed by atoms with Crippen LogP contribution in [0.5, 0.6) is 0 Å². The maximum atomic E-state index is 12.5. The minimum absolute atomic E-state index is 0.121. The van der Waals surface area contributed by atoms with E-state index in [1.807, 2.05) is 54.6 Å². The number of likely N-dealkylation sites (tertiary alicyclic amines) is 1. The zero-order chi connectivity index (χ0) is 16.0. The molecule has 0 unspecified atom stereocenters. The molecule has 1 saturated heterocycles. The molecule has 1 N–H and O–H groups in total. The van der Waals surface area contributed by atoms with Crippen LogP contribution in [-0.2, 0) is 9.59 Å². The van der Waals surface area contributed by atoms with Crippen molar-refractivity contribution in [3.63, 3.8) is 0 Å². The molecule has 0 saturated carbocycles. The molecule has 0 spiro atoms. The van der Waals surface area contributed by atoms with E-state index in [0.29, 0.717) is 0 Å². The third-order valence-corrected chi connectivity index (χ3v) is 4.54. The topological polar surface area (TPSA) is 53.2 Å². The van der Waals surface area contributed by atoms with Gasteiger partial charge < -0.3 is 4.98 Å². The number of nitrogens with one attached hydrogen (secondary N) is 1. The number of imide groups is 1. The predicted octanol–water partition coefficient (Wildman–Crippen LogP) is 3.31. The normalized spacial score (nSPS) is 18.1. The number of carbonyl (C=O) groups is 2. The minimum atomic E-state index is -0.418.